The van der Waals surface area contributed by atoms with Gasteiger partial charge in [0, 0.05) is 63.7 Å². The van der Waals surface area contributed by atoms with Crippen molar-refractivity contribution in [2.45, 2.75) is 19.9 Å². The van der Waals surface area contributed by atoms with Crippen LogP contribution in [0.2, 0.25) is 0 Å². The van der Waals surface area contributed by atoms with Gasteiger partial charge < -0.3 is 14.5 Å². The smallest absolute Gasteiger partial charge is 0.228 e. The third-order valence-electron chi connectivity index (χ3n) is 5.67. The average Bonchev–Trinajstić information content (AvgIpc) is 3.23. The van der Waals surface area contributed by atoms with Crippen molar-refractivity contribution in [3.63, 3.8) is 0 Å². The van der Waals surface area contributed by atoms with Crippen molar-refractivity contribution < 1.29 is 14.3 Å². The molecule has 4 rings (SSSR count). The van der Waals surface area contributed by atoms with Crippen LogP contribution in [-0.4, -0.2) is 84.0 Å². The quantitative estimate of drug-likeness (QED) is 0.728. The number of carbonyl (C=O) groups excluding carboxylic acids is 2. The summed E-state index contributed by atoms with van der Waals surface area (Å²) in [6, 6.07) is 8.54. The molecule has 8 heteroatoms. The molecule has 0 bridgehead atoms. The number of nitrogens with zero attached hydrogens (tertiary/aromatic N) is 4. The number of amides is 2. The van der Waals surface area contributed by atoms with Crippen molar-refractivity contribution in [2.24, 2.45) is 0 Å². The minimum atomic E-state index is 0.0715. The first-order valence-electron chi connectivity index (χ1n) is 10.5. The van der Waals surface area contributed by atoms with Gasteiger partial charge in [0.1, 0.15) is 5.01 Å². The Kier molecular flexibility index (Phi) is 6.76. The summed E-state index contributed by atoms with van der Waals surface area (Å²) < 4.78 is 5.41. The molecular formula is C22H28N4O3S. The van der Waals surface area contributed by atoms with Gasteiger partial charge in [-0.2, -0.15) is 0 Å². The van der Waals surface area contributed by atoms with Crippen LogP contribution >= 0.6 is 11.3 Å². The summed E-state index contributed by atoms with van der Waals surface area (Å²) in [7, 11) is 0. The lowest BCUT2D eigenvalue weighted by molar-refractivity contribution is -0.138. The highest BCUT2D eigenvalue weighted by Crippen LogP contribution is 2.25. The van der Waals surface area contributed by atoms with E-state index in [1.54, 1.807) is 23.2 Å². The van der Waals surface area contributed by atoms with Crippen LogP contribution in [0.25, 0.3) is 10.6 Å². The van der Waals surface area contributed by atoms with E-state index < -0.39 is 0 Å². The molecule has 3 heterocycles. The maximum Gasteiger partial charge on any atom is 0.228 e. The predicted octanol–water partition coefficient (Wildman–Crippen LogP) is 1.88. The molecule has 2 amide bonds. The van der Waals surface area contributed by atoms with Crippen LogP contribution in [0.3, 0.4) is 0 Å². The normalized spacial score (nSPS) is 17.9. The van der Waals surface area contributed by atoms with Crippen molar-refractivity contribution >= 4 is 23.2 Å². The van der Waals surface area contributed by atoms with Crippen molar-refractivity contribution in [1.29, 1.82) is 0 Å². The third-order valence-corrected chi connectivity index (χ3v) is 6.61. The number of piperazine rings is 1. The van der Waals surface area contributed by atoms with Crippen molar-refractivity contribution in [2.75, 3.05) is 52.5 Å². The van der Waals surface area contributed by atoms with Crippen LogP contribution in [-0.2, 0) is 27.3 Å². The lowest BCUT2D eigenvalue weighted by atomic mass is 10.1. The summed E-state index contributed by atoms with van der Waals surface area (Å²) in [4.78, 5) is 34.7. The van der Waals surface area contributed by atoms with Crippen LogP contribution in [0.1, 0.15) is 18.2 Å². The SMILES string of the molecule is CC(=O)N1CCN(C(=O)Cc2csc(-c3ccc(CN4CCOCC4)cc3)n2)CC1. The lowest BCUT2D eigenvalue weighted by Crippen LogP contribution is -2.50. The molecule has 0 spiro atoms. The number of thiazole rings is 1. The van der Waals surface area contributed by atoms with Gasteiger partial charge in [0.05, 0.1) is 25.3 Å². The Balaban J connectivity index is 1.31. The second-order valence-corrected chi connectivity index (χ2v) is 8.65. The molecule has 2 aliphatic rings. The Morgan fingerprint density at radius 1 is 1.00 bits per heavy atom. The second kappa shape index (κ2) is 9.68. The number of hydrogen-bond donors (Lipinski definition) is 0. The van der Waals surface area contributed by atoms with Crippen molar-refractivity contribution in [3.05, 3.63) is 40.9 Å². The minimum absolute atomic E-state index is 0.0715. The van der Waals surface area contributed by atoms with E-state index >= 15 is 0 Å². The summed E-state index contributed by atoms with van der Waals surface area (Å²) in [6.07, 6.45) is 0.311. The maximum absolute atomic E-state index is 12.6. The fraction of sp³-hybridized carbons (Fsp3) is 0.500. The minimum Gasteiger partial charge on any atom is -0.379 e. The van der Waals surface area contributed by atoms with Gasteiger partial charge in [-0.25, -0.2) is 4.98 Å². The van der Waals surface area contributed by atoms with Gasteiger partial charge >= 0.3 is 0 Å². The number of aromatic nitrogens is 1. The van der Waals surface area contributed by atoms with Gasteiger partial charge in [-0.1, -0.05) is 24.3 Å². The summed E-state index contributed by atoms with van der Waals surface area (Å²) in [6.45, 7) is 8.52. The van der Waals surface area contributed by atoms with Crippen LogP contribution in [0, 0.1) is 0 Å². The molecule has 30 heavy (non-hydrogen) atoms. The maximum atomic E-state index is 12.6. The summed E-state index contributed by atoms with van der Waals surface area (Å²) in [5, 5.41) is 2.91. The zero-order valence-corrected chi connectivity index (χ0v) is 18.2. The molecule has 2 fully saturated rings. The van der Waals surface area contributed by atoms with E-state index in [0.717, 1.165) is 49.1 Å². The molecule has 0 aliphatic carbocycles. The monoisotopic (exact) mass is 428 g/mol. The number of rotatable bonds is 5. The second-order valence-electron chi connectivity index (χ2n) is 7.79. The average molecular weight is 429 g/mol. The molecule has 1 aromatic carbocycles. The Morgan fingerprint density at radius 3 is 2.33 bits per heavy atom. The molecule has 1 aromatic heterocycles. The standard InChI is InChI=1S/C22H28N4O3S/c1-17(27)25-6-8-26(9-7-25)21(28)14-20-16-30-22(23-20)19-4-2-18(3-5-19)15-24-10-12-29-13-11-24/h2-5,16H,6-15H2,1H3. The largest absolute Gasteiger partial charge is 0.379 e. The van der Waals surface area contributed by atoms with E-state index in [1.165, 1.54) is 5.56 Å². The van der Waals surface area contributed by atoms with E-state index in [4.69, 9.17) is 4.74 Å². The van der Waals surface area contributed by atoms with Gasteiger partial charge in [-0.05, 0) is 5.56 Å². The highest BCUT2D eigenvalue weighted by atomic mass is 32.1. The van der Waals surface area contributed by atoms with E-state index in [2.05, 4.69) is 34.1 Å². The first kappa shape index (κ1) is 21.0. The third kappa shape index (κ3) is 5.24. The highest BCUT2D eigenvalue weighted by molar-refractivity contribution is 7.13. The molecule has 0 radical (unpaired) electrons. The van der Waals surface area contributed by atoms with Crippen molar-refractivity contribution in [3.8, 4) is 10.6 Å². The summed E-state index contributed by atoms with van der Waals surface area (Å²) in [5.74, 6) is 0.151. The number of hydrogen-bond acceptors (Lipinski definition) is 6. The lowest BCUT2D eigenvalue weighted by Gasteiger charge is -2.34. The topological polar surface area (TPSA) is 66.0 Å². The van der Waals surface area contributed by atoms with Gasteiger partial charge in [0.15, 0.2) is 0 Å². The number of benzene rings is 1. The first-order chi connectivity index (χ1) is 14.6. The zero-order valence-electron chi connectivity index (χ0n) is 17.4. The first-order valence-corrected chi connectivity index (χ1v) is 11.3. The van der Waals surface area contributed by atoms with Gasteiger partial charge in [-0.3, -0.25) is 14.5 Å². The number of ether oxygens (including phenoxy) is 1. The molecule has 160 valence electrons. The molecule has 2 saturated heterocycles. The predicted molar refractivity (Wildman–Crippen MR) is 116 cm³/mol. The van der Waals surface area contributed by atoms with E-state index in [1.807, 2.05) is 10.3 Å². The van der Waals surface area contributed by atoms with E-state index in [9.17, 15) is 9.59 Å². The summed E-state index contributed by atoms with van der Waals surface area (Å²) in [5.41, 5.74) is 3.18. The Bertz CT molecular complexity index is 869. The Hall–Kier alpha value is -2.29. The molecule has 0 N–H and O–H groups in total. The fourth-order valence-corrected chi connectivity index (χ4v) is 4.65. The van der Waals surface area contributed by atoms with Crippen LogP contribution in [0.15, 0.2) is 29.6 Å². The Labute approximate surface area is 181 Å². The molecule has 2 aromatic rings. The molecule has 0 atom stereocenters. The number of morpholine rings is 1. The van der Waals surface area contributed by atoms with Crippen LogP contribution < -0.4 is 0 Å². The van der Waals surface area contributed by atoms with Gasteiger partial charge in [-0.15, -0.1) is 11.3 Å². The van der Waals surface area contributed by atoms with Gasteiger partial charge in [0.2, 0.25) is 11.8 Å². The molecule has 0 saturated carbocycles. The van der Waals surface area contributed by atoms with Crippen LogP contribution in [0.5, 0.6) is 0 Å². The van der Waals surface area contributed by atoms with E-state index in [-0.39, 0.29) is 11.8 Å². The van der Waals surface area contributed by atoms with Crippen LogP contribution in [0.4, 0.5) is 0 Å². The molecule has 7 nitrogen and oxygen atoms in total. The zero-order chi connectivity index (χ0) is 20.9. The van der Waals surface area contributed by atoms with Gasteiger partial charge in [0.25, 0.3) is 0 Å². The number of carbonyl (C=O) groups is 2. The Morgan fingerprint density at radius 2 is 1.67 bits per heavy atom. The molecule has 0 unspecified atom stereocenters. The fourth-order valence-electron chi connectivity index (χ4n) is 3.83. The summed E-state index contributed by atoms with van der Waals surface area (Å²) >= 11 is 1.58. The highest BCUT2D eigenvalue weighted by Gasteiger charge is 2.23. The van der Waals surface area contributed by atoms with E-state index in [0.29, 0.717) is 32.6 Å². The molecule has 2 aliphatic heterocycles. The molecular weight excluding hydrogens is 400 g/mol. The van der Waals surface area contributed by atoms with Crippen molar-refractivity contribution in [1.82, 2.24) is 19.7 Å².